The number of nitrogens with one attached hydrogen (secondary N) is 1. The van der Waals surface area contributed by atoms with E-state index in [0.29, 0.717) is 18.7 Å². The number of halogens is 4. The summed E-state index contributed by atoms with van der Waals surface area (Å²) in [4.78, 5) is 38.0. The Balaban J connectivity index is 1.91. The van der Waals surface area contributed by atoms with Crippen molar-refractivity contribution in [2.75, 3.05) is 19.8 Å². The molecular formula is C21H23ClF3N5O5. The molecule has 0 atom stereocenters. The third-order valence-electron chi connectivity index (χ3n) is 4.27. The number of carbonyl (C=O) groups excluding carboxylic acids is 2. The summed E-state index contributed by atoms with van der Waals surface area (Å²) in [7, 11) is 0. The van der Waals surface area contributed by atoms with Gasteiger partial charge in [-0.15, -0.1) is 0 Å². The molecule has 0 radical (unpaired) electrons. The fourth-order valence-corrected chi connectivity index (χ4v) is 2.88. The number of alkyl halides is 3. The molecule has 1 heterocycles. The summed E-state index contributed by atoms with van der Waals surface area (Å²) in [6.45, 7) is 2.38. The van der Waals surface area contributed by atoms with Gasteiger partial charge in [-0.1, -0.05) is 11.6 Å². The number of pyridine rings is 1. The Morgan fingerprint density at radius 2 is 1.86 bits per heavy atom. The number of guanidine groups is 1. The summed E-state index contributed by atoms with van der Waals surface area (Å²) < 4.78 is 42.4. The second kappa shape index (κ2) is 12.8. The summed E-state index contributed by atoms with van der Waals surface area (Å²) in [6.07, 6.45) is -1.91. The maximum atomic E-state index is 13.0. The molecule has 1 aromatic carbocycles. The zero-order chi connectivity index (χ0) is 26.0. The van der Waals surface area contributed by atoms with E-state index in [1.54, 1.807) is 17.3 Å². The second-order valence-corrected chi connectivity index (χ2v) is 7.34. The van der Waals surface area contributed by atoms with Gasteiger partial charge in [0.05, 0.1) is 13.2 Å². The van der Waals surface area contributed by atoms with Crippen LogP contribution >= 0.6 is 11.6 Å². The maximum absolute atomic E-state index is 13.0. The average Bonchev–Trinajstić information content (AvgIpc) is 2.80. The van der Waals surface area contributed by atoms with E-state index < -0.39 is 18.1 Å². The van der Waals surface area contributed by atoms with Crippen molar-refractivity contribution in [1.82, 2.24) is 15.1 Å². The molecule has 1 aromatic heterocycles. The van der Waals surface area contributed by atoms with Crippen LogP contribution in [0.3, 0.4) is 0 Å². The van der Waals surface area contributed by atoms with Crippen LogP contribution in [0, 0.1) is 5.41 Å². The zero-order valence-electron chi connectivity index (χ0n) is 18.5. The van der Waals surface area contributed by atoms with E-state index in [-0.39, 0.29) is 41.5 Å². The van der Waals surface area contributed by atoms with Crippen molar-refractivity contribution in [2.45, 2.75) is 26.1 Å². The Morgan fingerprint density at radius 3 is 2.46 bits per heavy atom. The van der Waals surface area contributed by atoms with Crippen LogP contribution in [-0.4, -0.2) is 58.9 Å². The van der Waals surface area contributed by atoms with Crippen molar-refractivity contribution in [3.05, 3.63) is 58.9 Å². The molecule has 2 rings (SSSR count). The van der Waals surface area contributed by atoms with Gasteiger partial charge < -0.3 is 20.2 Å². The number of hydroxylamine groups is 2. The SMILES string of the molecule is CCN(Cc1ccncc1)C(=O)c1cc(Cl)cc(OCCCON(OC(=O)C(F)(F)F)C(=N)N)c1. The number of carbonyl (C=O) groups is 2. The number of nitrogens with zero attached hydrogens (tertiary/aromatic N) is 3. The Kier molecular flexibility index (Phi) is 10.1. The van der Waals surface area contributed by atoms with Crippen LogP contribution in [0.2, 0.25) is 5.02 Å². The predicted octanol–water partition coefficient (Wildman–Crippen LogP) is 3.31. The lowest BCUT2D eigenvalue weighted by Gasteiger charge is -2.21. The van der Waals surface area contributed by atoms with Crippen LogP contribution in [0.5, 0.6) is 5.75 Å². The van der Waals surface area contributed by atoms with Crippen molar-refractivity contribution in [3.8, 4) is 5.75 Å². The van der Waals surface area contributed by atoms with Crippen LogP contribution in [0.1, 0.15) is 29.3 Å². The Labute approximate surface area is 203 Å². The smallest absolute Gasteiger partial charge is 0.493 e. The van der Waals surface area contributed by atoms with Crippen molar-refractivity contribution in [1.29, 1.82) is 5.41 Å². The first-order valence-corrected chi connectivity index (χ1v) is 10.6. The molecule has 0 spiro atoms. The van der Waals surface area contributed by atoms with E-state index in [2.05, 4.69) is 9.82 Å². The molecule has 10 nitrogen and oxygen atoms in total. The van der Waals surface area contributed by atoms with Gasteiger partial charge in [0.25, 0.3) is 11.9 Å². The zero-order valence-corrected chi connectivity index (χ0v) is 19.3. The van der Waals surface area contributed by atoms with Crippen molar-refractivity contribution in [2.24, 2.45) is 5.73 Å². The van der Waals surface area contributed by atoms with Gasteiger partial charge in [-0.3, -0.25) is 15.2 Å². The summed E-state index contributed by atoms with van der Waals surface area (Å²) >= 11 is 6.14. The van der Waals surface area contributed by atoms with Gasteiger partial charge in [0.1, 0.15) is 5.75 Å². The first kappa shape index (κ1) is 27.7. The van der Waals surface area contributed by atoms with Gasteiger partial charge in [0.2, 0.25) is 0 Å². The average molecular weight is 518 g/mol. The highest BCUT2D eigenvalue weighted by molar-refractivity contribution is 6.31. The molecule has 0 saturated carbocycles. The molecule has 35 heavy (non-hydrogen) atoms. The topological polar surface area (TPSA) is 131 Å². The highest BCUT2D eigenvalue weighted by Gasteiger charge is 2.43. The van der Waals surface area contributed by atoms with Crippen molar-refractivity contribution < 1.29 is 37.2 Å². The fourth-order valence-electron chi connectivity index (χ4n) is 2.66. The quantitative estimate of drug-likeness (QED) is 0.212. The number of rotatable bonds is 10. The monoisotopic (exact) mass is 517 g/mol. The molecule has 0 fully saturated rings. The lowest BCUT2D eigenvalue weighted by atomic mass is 10.1. The second-order valence-electron chi connectivity index (χ2n) is 6.90. The number of hydrogen-bond donors (Lipinski definition) is 2. The normalized spacial score (nSPS) is 11.0. The Hall–Kier alpha value is -3.58. The molecule has 0 unspecified atom stereocenters. The highest BCUT2D eigenvalue weighted by atomic mass is 35.5. The van der Waals surface area contributed by atoms with E-state index >= 15 is 0 Å². The third-order valence-corrected chi connectivity index (χ3v) is 4.49. The molecule has 2 aromatic rings. The molecule has 14 heteroatoms. The Morgan fingerprint density at radius 1 is 1.17 bits per heavy atom. The molecule has 0 aliphatic rings. The van der Waals surface area contributed by atoms with Gasteiger partial charge >= 0.3 is 12.1 Å². The summed E-state index contributed by atoms with van der Waals surface area (Å²) in [5.74, 6) is -3.63. The van der Waals surface area contributed by atoms with Crippen LogP contribution in [0.15, 0.2) is 42.7 Å². The largest absolute Gasteiger partial charge is 0.493 e. The lowest BCUT2D eigenvalue weighted by molar-refractivity contribution is -0.317. The van der Waals surface area contributed by atoms with E-state index in [0.717, 1.165) is 5.56 Å². The van der Waals surface area contributed by atoms with Crippen LogP contribution < -0.4 is 10.5 Å². The van der Waals surface area contributed by atoms with Gasteiger partial charge in [-0.05, 0) is 48.0 Å². The highest BCUT2D eigenvalue weighted by Crippen LogP contribution is 2.23. The van der Waals surface area contributed by atoms with Crippen molar-refractivity contribution in [3.63, 3.8) is 0 Å². The third kappa shape index (κ3) is 8.94. The minimum Gasteiger partial charge on any atom is -0.493 e. The molecule has 3 N–H and O–H groups in total. The van der Waals surface area contributed by atoms with E-state index in [9.17, 15) is 22.8 Å². The van der Waals surface area contributed by atoms with Crippen LogP contribution in [0.25, 0.3) is 0 Å². The number of benzene rings is 1. The van der Waals surface area contributed by atoms with E-state index in [4.69, 9.17) is 32.3 Å². The van der Waals surface area contributed by atoms with Gasteiger partial charge in [-0.25, -0.2) is 9.63 Å². The molecular weight excluding hydrogens is 495 g/mol. The molecule has 0 bridgehead atoms. The summed E-state index contributed by atoms with van der Waals surface area (Å²) in [6, 6.07) is 8.13. The predicted molar refractivity (Wildman–Crippen MR) is 118 cm³/mol. The first-order valence-electron chi connectivity index (χ1n) is 10.2. The number of amides is 1. The molecule has 1 amide bonds. The molecule has 190 valence electrons. The standard InChI is InChI=1S/C21H23ClF3N5O5/c1-2-29(13-14-4-6-28-7-5-14)18(31)15-10-16(22)12-17(11-15)33-8-3-9-34-30(20(26)27)35-19(32)21(23,24)25/h4-7,10-12H,2-3,8-9,13H2,1H3,(H3,26,27). The van der Waals surface area contributed by atoms with Crippen LogP contribution in [0.4, 0.5) is 13.2 Å². The van der Waals surface area contributed by atoms with E-state index in [1.807, 2.05) is 19.1 Å². The number of hydrogen-bond acceptors (Lipinski definition) is 7. The maximum Gasteiger partial charge on any atom is 0.493 e. The van der Waals surface area contributed by atoms with Crippen molar-refractivity contribution >= 4 is 29.4 Å². The molecule has 0 aliphatic heterocycles. The van der Waals surface area contributed by atoms with Gasteiger partial charge in [0, 0.05) is 42.5 Å². The van der Waals surface area contributed by atoms with Gasteiger partial charge in [-0.2, -0.15) is 13.2 Å². The molecule has 0 saturated heterocycles. The van der Waals surface area contributed by atoms with Gasteiger partial charge in [0.15, 0.2) is 0 Å². The van der Waals surface area contributed by atoms with Crippen LogP contribution in [-0.2, 0) is 21.0 Å². The number of ether oxygens (including phenoxy) is 1. The minimum atomic E-state index is -5.28. The summed E-state index contributed by atoms with van der Waals surface area (Å²) in [5, 5.41) is 7.24. The fraction of sp³-hybridized carbons (Fsp3) is 0.333. The molecule has 0 aliphatic carbocycles. The minimum absolute atomic E-state index is 0.00143. The first-order chi connectivity index (χ1) is 16.5. The summed E-state index contributed by atoms with van der Waals surface area (Å²) in [5.41, 5.74) is 6.25. The van der Waals surface area contributed by atoms with E-state index in [1.165, 1.54) is 18.2 Å². The number of nitrogens with two attached hydrogens (primary N) is 1. The number of aromatic nitrogens is 1. The lowest BCUT2D eigenvalue weighted by Crippen LogP contribution is -2.42. The Bertz CT molecular complexity index is 1030.